The van der Waals surface area contributed by atoms with Gasteiger partial charge in [0, 0.05) is 24.9 Å². The fourth-order valence-corrected chi connectivity index (χ4v) is 2.19. The van der Waals surface area contributed by atoms with E-state index in [0.29, 0.717) is 5.88 Å². The standard InChI is InChI=1S/C11H20ClNO/c1-3-4-10-5-6-13(8-10)11(14)9(2)7-12/h9-10H,3-8H2,1-2H3. The van der Waals surface area contributed by atoms with Gasteiger partial charge in [0.2, 0.25) is 5.91 Å². The minimum Gasteiger partial charge on any atom is -0.342 e. The maximum atomic E-state index is 11.8. The maximum Gasteiger partial charge on any atom is 0.226 e. The van der Waals surface area contributed by atoms with Crippen LogP contribution in [0.25, 0.3) is 0 Å². The number of hydrogen-bond donors (Lipinski definition) is 0. The number of carbonyl (C=O) groups is 1. The topological polar surface area (TPSA) is 20.3 Å². The van der Waals surface area contributed by atoms with E-state index >= 15 is 0 Å². The fourth-order valence-electron chi connectivity index (χ4n) is 2.05. The van der Waals surface area contributed by atoms with Crippen LogP contribution in [0.4, 0.5) is 0 Å². The van der Waals surface area contributed by atoms with Crippen LogP contribution in [0.2, 0.25) is 0 Å². The molecule has 82 valence electrons. The molecule has 0 radical (unpaired) electrons. The molecule has 1 heterocycles. The highest BCUT2D eigenvalue weighted by molar-refractivity contribution is 6.19. The van der Waals surface area contributed by atoms with Gasteiger partial charge in [-0.1, -0.05) is 20.3 Å². The van der Waals surface area contributed by atoms with Crippen LogP contribution in [0.5, 0.6) is 0 Å². The second-order valence-corrected chi connectivity index (χ2v) is 4.59. The van der Waals surface area contributed by atoms with Crippen molar-refractivity contribution >= 4 is 17.5 Å². The summed E-state index contributed by atoms with van der Waals surface area (Å²) in [6.45, 7) is 5.99. The zero-order valence-electron chi connectivity index (χ0n) is 9.13. The minimum absolute atomic E-state index is 0.0166. The molecule has 1 rings (SSSR count). The Morgan fingerprint density at radius 3 is 2.93 bits per heavy atom. The first-order valence-electron chi connectivity index (χ1n) is 5.53. The van der Waals surface area contributed by atoms with Crippen molar-refractivity contribution in [1.82, 2.24) is 4.90 Å². The van der Waals surface area contributed by atoms with Gasteiger partial charge >= 0.3 is 0 Å². The van der Waals surface area contributed by atoms with E-state index in [1.54, 1.807) is 0 Å². The lowest BCUT2D eigenvalue weighted by atomic mass is 10.0. The molecule has 2 unspecified atom stereocenters. The molecule has 1 aliphatic rings. The van der Waals surface area contributed by atoms with E-state index in [9.17, 15) is 4.79 Å². The van der Waals surface area contributed by atoms with Crippen LogP contribution in [0, 0.1) is 11.8 Å². The summed E-state index contributed by atoms with van der Waals surface area (Å²) in [5, 5.41) is 0. The Bertz CT molecular complexity index is 196. The van der Waals surface area contributed by atoms with Gasteiger partial charge in [0.05, 0.1) is 0 Å². The van der Waals surface area contributed by atoms with Gasteiger partial charge in [-0.15, -0.1) is 11.6 Å². The number of amides is 1. The molecule has 0 saturated carbocycles. The summed E-state index contributed by atoms with van der Waals surface area (Å²) in [5.41, 5.74) is 0. The van der Waals surface area contributed by atoms with Crippen LogP contribution >= 0.6 is 11.6 Å². The zero-order chi connectivity index (χ0) is 10.6. The van der Waals surface area contributed by atoms with Crippen molar-refractivity contribution in [2.24, 2.45) is 11.8 Å². The number of likely N-dealkylation sites (tertiary alicyclic amines) is 1. The lowest BCUT2D eigenvalue weighted by molar-refractivity contribution is -0.133. The van der Waals surface area contributed by atoms with Crippen molar-refractivity contribution in [2.75, 3.05) is 19.0 Å². The third kappa shape index (κ3) is 2.88. The summed E-state index contributed by atoms with van der Waals surface area (Å²) in [7, 11) is 0. The number of hydrogen-bond acceptors (Lipinski definition) is 1. The van der Waals surface area contributed by atoms with Gasteiger partial charge in [0.1, 0.15) is 0 Å². The van der Waals surface area contributed by atoms with E-state index in [4.69, 9.17) is 11.6 Å². The van der Waals surface area contributed by atoms with Crippen LogP contribution in [0.1, 0.15) is 33.1 Å². The monoisotopic (exact) mass is 217 g/mol. The molecule has 0 bridgehead atoms. The van der Waals surface area contributed by atoms with E-state index in [0.717, 1.165) is 19.0 Å². The summed E-state index contributed by atoms with van der Waals surface area (Å²) in [5.74, 6) is 1.38. The van der Waals surface area contributed by atoms with Crippen molar-refractivity contribution in [3.05, 3.63) is 0 Å². The molecule has 0 aliphatic carbocycles. The Morgan fingerprint density at radius 2 is 2.36 bits per heavy atom. The van der Waals surface area contributed by atoms with Crippen LogP contribution in [-0.4, -0.2) is 29.8 Å². The summed E-state index contributed by atoms with van der Waals surface area (Å²) >= 11 is 5.68. The molecule has 0 spiro atoms. The van der Waals surface area contributed by atoms with Gasteiger partial charge in [-0.3, -0.25) is 4.79 Å². The Balaban J connectivity index is 2.37. The molecule has 2 atom stereocenters. The Kier molecular flexibility index (Phi) is 4.73. The largest absolute Gasteiger partial charge is 0.342 e. The van der Waals surface area contributed by atoms with Crippen LogP contribution in [-0.2, 0) is 4.79 Å². The van der Waals surface area contributed by atoms with Crippen molar-refractivity contribution in [2.45, 2.75) is 33.1 Å². The fraction of sp³-hybridized carbons (Fsp3) is 0.909. The van der Waals surface area contributed by atoms with Crippen LogP contribution in [0.3, 0.4) is 0 Å². The number of rotatable bonds is 4. The van der Waals surface area contributed by atoms with E-state index < -0.39 is 0 Å². The molecule has 0 aromatic carbocycles. The first kappa shape index (κ1) is 11.8. The third-order valence-corrected chi connectivity index (χ3v) is 3.41. The van der Waals surface area contributed by atoms with Crippen molar-refractivity contribution in [1.29, 1.82) is 0 Å². The Morgan fingerprint density at radius 1 is 1.64 bits per heavy atom. The Hall–Kier alpha value is -0.240. The van der Waals surface area contributed by atoms with E-state index in [-0.39, 0.29) is 11.8 Å². The molecule has 1 aliphatic heterocycles. The molecule has 1 saturated heterocycles. The highest BCUT2D eigenvalue weighted by atomic mass is 35.5. The summed E-state index contributed by atoms with van der Waals surface area (Å²) in [4.78, 5) is 13.7. The number of alkyl halides is 1. The quantitative estimate of drug-likeness (QED) is 0.663. The first-order valence-corrected chi connectivity index (χ1v) is 6.07. The van der Waals surface area contributed by atoms with Gasteiger partial charge in [0.15, 0.2) is 0 Å². The van der Waals surface area contributed by atoms with Gasteiger partial charge in [0.25, 0.3) is 0 Å². The summed E-state index contributed by atoms with van der Waals surface area (Å²) in [6.07, 6.45) is 3.64. The average molecular weight is 218 g/mol. The van der Waals surface area contributed by atoms with E-state index in [1.165, 1.54) is 19.3 Å². The molecule has 1 fully saturated rings. The lowest BCUT2D eigenvalue weighted by Crippen LogP contribution is -2.33. The van der Waals surface area contributed by atoms with Crippen LogP contribution < -0.4 is 0 Å². The second kappa shape index (κ2) is 5.59. The van der Waals surface area contributed by atoms with Crippen molar-refractivity contribution in [3.8, 4) is 0 Å². The van der Waals surface area contributed by atoms with Gasteiger partial charge in [-0.05, 0) is 18.8 Å². The molecule has 0 N–H and O–H groups in total. The van der Waals surface area contributed by atoms with Gasteiger partial charge < -0.3 is 4.90 Å². The number of carbonyl (C=O) groups excluding carboxylic acids is 1. The van der Waals surface area contributed by atoms with E-state index in [2.05, 4.69) is 6.92 Å². The van der Waals surface area contributed by atoms with E-state index in [1.807, 2.05) is 11.8 Å². The molecular formula is C11H20ClNO. The number of nitrogens with zero attached hydrogens (tertiary/aromatic N) is 1. The lowest BCUT2D eigenvalue weighted by Gasteiger charge is -2.19. The second-order valence-electron chi connectivity index (χ2n) is 4.28. The van der Waals surface area contributed by atoms with Crippen molar-refractivity contribution in [3.63, 3.8) is 0 Å². The molecule has 0 aromatic heterocycles. The van der Waals surface area contributed by atoms with Crippen LogP contribution in [0.15, 0.2) is 0 Å². The van der Waals surface area contributed by atoms with Gasteiger partial charge in [-0.25, -0.2) is 0 Å². The predicted octanol–water partition coefficient (Wildman–Crippen LogP) is 2.51. The predicted molar refractivity (Wildman–Crippen MR) is 59.5 cm³/mol. The number of halogens is 1. The maximum absolute atomic E-state index is 11.8. The minimum atomic E-state index is -0.0166. The molecular weight excluding hydrogens is 198 g/mol. The Labute approximate surface area is 91.6 Å². The molecule has 1 amide bonds. The molecule has 3 heteroatoms. The first-order chi connectivity index (χ1) is 6.69. The molecule has 14 heavy (non-hydrogen) atoms. The highest BCUT2D eigenvalue weighted by Crippen LogP contribution is 2.22. The van der Waals surface area contributed by atoms with Crippen molar-refractivity contribution < 1.29 is 4.79 Å². The summed E-state index contributed by atoms with van der Waals surface area (Å²) in [6, 6.07) is 0. The zero-order valence-corrected chi connectivity index (χ0v) is 9.89. The highest BCUT2D eigenvalue weighted by Gasteiger charge is 2.27. The SMILES string of the molecule is CCCC1CCN(C(=O)C(C)CCl)C1. The smallest absolute Gasteiger partial charge is 0.226 e. The van der Waals surface area contributed by atoms with Gasteiger partial charge in [-0.2, -0.15) is 0 Å². The molecule has 2 nitrogen and oxygen atoms in total. The summed E-state index contributed by atoms with van der Waals surface area (Å²) < 4.78 is 0. The average Bonchev–Trinajstić information content (AvgIpc) is 2.64. The third-order valence-electron chi connectivity index (χ3n) is 2.95. The normalized spacial score (nSPS) is 23.9. The molecule has 0 aromatic rings.